The van der Waals surface area contributed by atoms with Crippen LogP contribution in [0.3, 0.4) is 0 Å². The lowest BCUT2D eigenvalue weighted by molar-refractivity contribution is 0.414. The standard InChI is InChI=1S/C9H10O4S/c1-13-9-4-2-3-8(7-9)5-6-14(10,11)12/h2-7H,1H3,(H,10,11,12)/b6-5+. The van der Waals surface area contributed by atoms with Gasteiger partial charge in [0.05, 0.1) is 12.5 Å². The Kier molecular flexibility index (Phi) is 3.27. The third-order valence-corrected chi connectivity index (χ3v) is 2.01. The van der Waals surface area contributed by atoms with Crippen molar-refractivity contribution in [3.63, 3.8) is 0 Å². The Bertz CT molecular complexity index is 434. The van der Waals surface area contributed by atoms with E-state index in [2.05, 4.69) is 0 Å². The normalized spacial score (nSPS) is 11.9. The fourth-order valence-electron chi connectivity index (χ4n) is 0.910. The zero-order chi connectivity index (χ0) is 10.6. The molecule has 0 saturated carbocycles. The monoisotopic (exact) mass is 214 g/mol. The third kappa shape index (κ3) is 3.59. The van der Waals surface area contributed by atoms with Crippen LogP contribution in [0.2, 0.25) is 0 Å². The molecule has 1 N–H and O–H groups in total. The lowest BCUT2D eigenvalue weighted by atomic mass is 10.2. The number of ether oxygens (including phenoxy) is 1. The van der Waals surface area contributed by atoms with Gasteiger partial charge in [0.15, 0.2) is 0 Å². The minimum Gasteiger partial charge on any atom is -0.497 e. The van der Waals surface area contributed by atoms with Gasteiger partial charge in [0.25, 0.3) is 10.1 Å². The van der Waals surface area contributed by atoms with Crippen LogP contribution in [-0.4, -0.2) is 20.1 Å². The van der Waals surface area contributed by atoms with Gasteiger partial charge in [-0.15, -0.1) is 0 Å². The van der Waals surface area contributed by atoms with E-state index in [0.717, 1.165) is 5.41 Å². The molecule has 1 aromatic rings. The SMILES string of the molecule is COc1cccc(/C=C/S(=O)(=O)O)c1. The van der Waals surface area contributed by atoms with E-state index in [4.69, 9.17) is 9.29 Å². The summed E-state index contributed by atoms with van der Waals surface area (Å²) in [6.45, 7) is 0. The summed E-state index contributed by atoms with van der Waals surface area (Å²) in [7, 11) is -2.54. The zero-order valence-corrected chi connectivity index (χ0v) is 8.36. The second kappa shape index (κ2) is 4.26. The van der Waals surface area contributed by atoms with E-state index < -0.39 is 10.1 Å². The van der Waals surface area contributed by atoms with E-state index in [1.54, 1.807) is 24.3 Å². The average molecular weight is 214 g/mol. The Morgan fingerprint density at radius 1 is 1.43 bits per heavy atom. The maximum Gasteiger partial charge on any atom is 0.287 e. The quantitative estimate of drug-likeness (QED) is 0.775. The first kappa shape index (κ1) is 10.7. The van der Waals surface area contributed by atoms with E-state index in [9.17, 15) is 8.42 Å². The van der Waals surface area contributed by atoms with Gasteiger partial charge < -0.3 is 4.74 Å². The Hall–Kier alpha value is -1.33. The molecule has 4 nitrogen and oxygen atoms in total. The van der Waals surface area contributed by atoms with Crippen LogP contribution in [0.25, 0.3) is 6.08 Å². The van der Waals surface area contributed by atoms with Crippen LogP contribution in [0, 0.1) is 0 Å². The number of hydrogen-bond donors (Lipinski definition) is 1. The van der Waals surface area contributed by atoms with Crippen molar-refractivity contribution in [3.05, 3.63) is 35.2 Å². The second-order valence-electron chi connectivity index (χ2n) is 2.59. The van der Waals surface area contributed by atoms with E-state index >= 15 is 0 Å². The summed E-state index contributed by atoms with van der Waals surface area (Å²) >= 11 is 0. The van der Waals surface area contributed by atoms with Crippen molar-refractivity contribution in [2.24, 2.45) is 0 Å². The van der Waals surface area contributed by atoms with Crippen LogP contribution in [0.15, 0.2) is 29.7 Å². The van der Waals surface area contributed by atoms with Crippen LogP contribution >= 0.6 is 0 Å². The molecule has 0 saturated heterocycles. The van der Waals surface area contributed by atoms with Gasteiger partial charge in [-0.3, -0.25) is 4.55 Å². The summed E-state index contributed by atoms with van der Waals surface area (Å²) in [6.07, 6.45) is 1.29. The van der Waals surface area contributed by atoms with Crippen molar-refractivity contribution in [2.45, 2.75) is 0 Å². The first-order valence-corrected chi connectivity index (χ1v) is 5.31. The van der Waals surface area contributed by atoms with Crippen LogP contribution in [0.5, 0.6) is 5.75 Å². The predicted molar refractivity (Wildman–Crippen MR) is 53.6 cm³/mol. The second-order valence-corrected chi connectivity index (χ2v) is 3.90. The lowest BCUT2D eigenvalue weighted by Crippen LogP contribution is -1.89. The van der Waals surface area contributed by atoms with Gasteiger partial charge in [0.1, 0.15) is 5.75 Å². The Morgan fingerprint density at radius 3 is 2.71 bits per heavy atom. The van der Waals surface area contributed by atoms with E-state index in [1.165, 1.54) is 13.2 Å². The molecule has 0 bridgehead atoms. The summed E-state index contributed by atoms with van der Waals surface area (Å²) < 4.78 is 34.2. The molecule has 0 amide bonds. The highest BCUT2D eigenvalue weighted by Gasteiger charge is 1.96. The molecule has 1 rings (SSSR count). The average Bonchev–Trinajstić information content (AvgIpc) is 2.14. The first-order chi connectivity index (χ1) is 6.51. The highest BCUT2D eigenvalue weighted by molar-refractivity contribution is 7.88. The molecule has 0 unspecified atom stereocenters. The molecule has 0 aliphatic heterocycles. The number of benzene rings is 1. The van der Waals surface area contributed by atoms with Crippen LogP contribution in [-0.2, 0) is 10.1 Å². The fourth-order valence-corrected chi connectivity index (χ4v) is 1.24. The summed E-state index contributed by atoms with van der Waals surface area (Å²) in [5.41, 5.74) is 0.641. The van der Waals surface area contributed by atoms with Crippen molar-refractivity contribution in [2.75, 3.05) is 7.11 Å². The van der Waals surface area contributed by atoms with Gasteiger partial charge in [0, 0.05) is 0 Å². The molecule has 0 atom stereocenters. The van der Waals surface area contributed by atoms with E-state index in [-0.39, 0.29) is 0 Å². The first-order valence-electron chi connectivity index (χ1n) is 3.81. The maximum absolute atomic E-state index is 10.4. The van der Waals surface area contributed by atoms with Crippen molar-refractivity contribution < 1.29 is 17.7 Å². The van der Waals surface area contributed by atoms with Crippen LogP contribution < -0.4 is 4.74 Å². The topological polar surface area (TPSA) is 63.6 Å². The molecule has 0 aliphatic rings. The lowest BCUT2D eigenvalue weighted by Gasteiger charge is -1.99. The minimum atomic E-state index is -4.06. The molecule has 0 radical (unpaired) electrons. The van der Waals surface area contributed by atoms with Gasteiger partial charge in [-0.1, -0.05) is 12.1 Å². The van der Waals surface area contributed by atoms with Gasteiger partial charge in [-0.25, -0.2) is 0 Å². The van der Waals surface area contributed by atoms with E-state index in [0.29, 0.717) is 11.3 Å². The molecule has 1 aromatic carbocycles. The Morgan fingerprint density at radius 2 is 2.14 bits per heavy atom. The Balaban J connectivity index is 2.93. The maximum atomic E-state index is 10.4. The molecule has 14 heavy (non-hydrogen) atoms. The molecule has 0 aromatic heterocycles. The van der Waals surface area contributed by atoms with Crippen molar-refractivity contribution in [1.82, 2.24) is 0 Å². The van der Waals surface area contributed by atoms with E-state index in [1.807, 2.05) is 0 Å². The van der Waals surface area contributed by atoms with Crippen LogP contribution in [0.4, 0.5) is 0 Å². The number of hydrogen-bond acceptors (Lipinski definition) is 3. The summed E-state index contributed by atoms with van der Waals surface area (Å²) in [5.74, 6) is 0.627. The van der Waals surface area contributed by atoms with Crippen molar-refractivity contribution in [3.8, 4) is 5.75 Å². The van der Waals surface area contributed by atoms with Gasteiger partial charge >= 0.3 is 0 Å². The summed E-state index contributed by atoms with van der Waals surface area (Å²) in [4.78, 5) is 0. The highest BCUT2D eigenvalue weighted by Crippen LogP contribution is 2.13. The molecular weight excluding hydrogens is 204 g/mol. The number of rotatable bonds is 3. The molecule has 5 heteroatoms. The largest absolute Gasteiger partial charge is 0.497 e. The van der Waals surface area contributed by atoms with Gasteiger partial charge in [-0.05, 0) is 23.8 Å². The molecular formula is C9H10O4S. The molecule has 0 fully saturated rings. The predicted octanol–water partition coefficient (Wildman–Crippen LogP) is 1.55. The zero-order valence-electron chi connectivity index (χ0n) is 7.54. The van der Waals surface area contributed by atoms with Crippen LogP contribution in [0.1, 0.15) is 5.56 Å². The minimum absolute atomic E-state index is 0.627. The highest BCUT2D eigenvalue weighted by atomic mass is 32.2. The third-order valence-electron chi connectivity index (χ3n) is 1.53. The molecule has 76 valence electrons. The fraction of sp³-hybridized carbons (Fsp3) is 0.111. The molecule has 0 spiro atoms. The smallest absolute Gasteiger partial charge is 0.287 e. The molecule has 0 heterocycles. The van der Waals surface area contributed by atoms with Gasteiger partial charge in [-0.2, -0.15) is 8.42 Å². The van der Waals surface area contributed by atoms with Crippen molar-refractivity contribution >= 4 is 16.2 Å². The summed E-state index contributed by atoms with van der Waals surface area (Å²) in [6, 6.07) is 6.82. The molecule has 0 aliphatic carbocycles. The van der Waals surface area contributed by atoms with Gasteiger partial charge in [0.2, 0.25) is 0 Å². The Labute approximate surface area is 82.6 Å². The summed E-state index contributed by atoms with van der Waals surface area (Å²) in [5, 5.41) is 0.724. The number of methoxy groups -OCH3 is 1. The van der Waals surface area contributed by atoms with Crippen molar-refractivity contribution in [1.29, 1.82) is 0 Å².